The molecule has 2 saturated carbocycles. The molecule has 0 unspecified atom stereocenters. The average Bonchev–Trinajstić information content (AvgIpc) is 3.13. The molecule has 2 aliphatic carbocycles. The number of carbonyl (C=O) groups excluding carboxylic acids is 1. The van der Waals surface area contributed by atoms with Gasteiger partial charge in [0.25, 0.3) is 0 Å². The Hall–Kier alpha value is -1.51. The van der Waals surface area contributed by atoms with Crippen molar-refractivity contribution in [3.63, 3.8) is 0 Å². The third-order valence-corrected chi connectivity index (χ3v) is 5.34. The van der Waals surface area contributed by atoms with Gasteiger partial charge in [-0.25, -0.2) is 0 Å². The molecular weight excluding hydrogens is 260 g/mol. The summed E-state index contributed by atoms with van der Waals surface area (Å²) in [7, 11) is 0. The van der Waals surface area contributed by atoms with E-state index in [0.29, 0.717) is 5.92 Å². The molecule has 0 aliphatic heterocycles. The molecule has 1 N–H and O–H groups in total. The molecule has 3 atom stereocenters. The van der Waals surface area contributed by atoms with Crippen LogP contribution < -0.4 is 10.2 Å². The van der Waals surface area contributed by atoms with Gasteiger partial charge in [-0.15, -0.1) is 0 Å². The normalized spacial score (nSPS) is 26.9. The predicted molar refractivity (Wildman–Crippen MR) is 87.6 cm³/mol. The van der Waals surface area contributed by atoms with E-state index in [1.807, 2.05) is 12.1 Å². The Kier molecular flexibility index (Phi) is 4.18. The van der Waals surface area contributed by atoms with Gasteiger partial charge in [0.1, 0.15) is 0 Å². The minimum Gasteiger partial charge on any atom is -0.372 e. The average molecular weight is 286 g/mol. The van der Waals surface area contributed by atoms with Crippen molar-refractivity contribution in [3.8, 4) is 0 Å². The Labute approximate surface area is 127 Å². The Morgan fingerprint density at radius 2 is 1.86 bits per heavy atom. The van der Waals surface area contributed by atoms with E-state index >= 15 is 0 Å². The summed E-state index contributed by atoms with van der Waals surface area (Å²) in [6.07, 6.45) is 4.98. The first-order chi connectivity index (χ1) is 10.2. The van der Waals surface area contributed by atoms with Gasteiger partial charge >= 0.3 is 0 Å². The molecule has 3 heteroatoms. The van der Waals surface area contributed by atoms with Crippen molar-refractivity contribution in [1.82, 2.24) is 0 Å². The summed E-state index contributed by atoms with van der Waals surface area (Å²) in [5.41, 5.74) is 2.15. The summed E-state index contributed by atoms with van der Waals surface area (Å²) < 4.78 is 0. The van der Waals surface area contributed by atoms with Crippen LogP contribution in [0, 0.1) is 17.8 Å². The van der Waals surface area contributed by atoms with Gasteiger partial charge in [-0.3, -0.25) is 4.79 Å². The molecule has 2 aliphatic rings. The molecule has 3 nitrogen and oxygen atoms in total. The Balaban J connectivity index is 1.61. The van der Waals surface area contributed by atoms with Crippen molar-refractivity contribution in [2.45, 2.75) is 39.5 Å². The molecule has 2 bridgehead atoms. The van der Waals surface area contributed by atoms with Crippen LogP contribution >= 0.6 is 0 Å². The number of nitrogens with one attached hydrogen (secondary N) is 1. The van der Waals surface area contributed by atoms with Gasteiger partial charge in [0, 0.05) is 30.4 Å². The fourth-order valence-electron chi connectivity index (χ4n) is 4.15. The first-order valence-electron chi connectivity index (χ1n) is 8.37. The predicted octanol–water partition coefficient (Wildman–Crippen LogP) is 3.91. The summed E-state index contributed by atoms with van der Waals surface area (Å²) in [5.74, 6) is 1.95. The maximum Gasteiger partial charge on any atom is 0.227 e. The lowest BCUT2D eigenvalue weighted by Gasteiger charge is -2.22. The Morgan fingerprint density at radius 1 is 1.14 bits per heavy atom. The molecule has 114 valence electrons. The van der Waals surface area contributed by atoms with E-state index < -0.39 is 0 Å². The number of amides is 1. The molecule has 0 heterocycles. The lowest BCUT2D eigenvalue weighted by Crippen LogP contribution is -2.27. The first kappa shape index (κ1) is 14.4. The molecule has 1 aromatic carbocycles. The minimum absolute atomic E-state index is 0.234. The van der Waals surface area contributed by atoms with Crippen molar-refractivity contribution in [3.05, 3.63) is 24.3 Å². The number of carbonyl (C=O) groups is 1. The number of rotatable bonds is 5. The van der Waals surface area contributed by atoms with E-state index in [4.69, 9.17) is 0 Å². The molecule has 1 aromatic rings. The molecule has 2 fully saturated rings. The highest BCUT2D eigenvalue weighted by Gasteiger charge is 2.42. The fraction of sp³-hybridized carbons (Fsp3) is 0.611. The van der Waals surface area contributed by atoms with Crippen molar-refractivity contribution >= 4 is 17.3 Å². The summed E-state index contributed by atoms with van der Waals surface area (Å²) in [6.45, 7) is 6.34. The fourth-order valence-corrected chi connectivity index (χ4v) is 4.15. The van der Waals surface area contributed by atoms with Gasteiger partial charge in [0.15, 0.2) is 0 Å². The number of hydrogen-bond donors (Lipinski definition) is 1. The Morgan fingerprint density at radius 3 is 2.38 bits per heavy atom. The molecule has 0 spiro atoms. The second kappa shape index (κ2) is 6.08. The molecule has 0 radical (unpaired) electrons. The van der Waals surface area contributed by atoms with Crippen LogP contribution in [0.15, 0.2) is 24.3 Å². The van der Waals surface area contributed by atoms with E-state index in [0.717, 1.165) is 31.1 Å². The topological polar surface area (TPSA) is 32.3 Å². The van der Waals surface area contributed by atoms with Crippen molar-refractivity contribution in [2.24, 2.45) is 17.8 Å². The van der Waals surface area contributed by atoms with E-state index in [2.05, 4.69) is 36.2 Å². The maximum atomic E-state index is 12.4. The van der Waals surface area contributed by atoms with Crippen LogP contribution in [0.25, 0.3) is 0 Å². The number of hydrogen-bond acceptors (Lipinski definition) is 2. The van der Waals surface area contributed by atoms with E-state index in [1.54, 1.807) is 0 Å². The number of benzene rings is 1. The highest BCUT2D eigenvalue weighted by Crippen LogP contribution is 2.48. The Bertz CT molecular complexity index is 492. The second-order valence-electron chi connectivity index (χ2n) is 6.49. The zero-order chi connectivity index (χ0) is 14.8. The smallest absolute Gasteiger partial charge is 0.227 e. The van der Waals surface area contributed by atoms with Gasteiger partial charge in [0.2, 0.25) is 5.91 Å². The standard InChI is InChI=1S/C18H26N2O/c1-3-20(4-2)16-9-7-15(8-10-16)19-18(21)17-12-13-5-6-14(17)11-13/h7-10,13-14,17H,3-6,11-12H2,1-2H3,(H,19,21)/t13-,14-,17+/m1/s1. The van der Waals surface area contributed by atoms with Crippen LogP contribution in [-0.4, -0.2) is 19.0 Å². The van der Waals surface area contributed by atoms with Crippen LogP contribution in [0.3, 0.4) is 0 Å². The van der Waals surface area contributed by atoms with E-state index in [9.17, 15) is 4.79 Å². The lowest BCUT2D eigenvalue weighted by molar-refractivity contribution is -0.121. The number of fused-ring (bicyclic) bond motifs is 2. The highest BCUT2D eigenvalue weighted by atomic mass is 16.1. The summed E-state index contributed by atoms with van der Waals surface area (Å²) in [4.78, 5) is 14.7. The summed E-state index contributed by atoms with van der Waals surface area (Å²) in [6, 6.07) is 8.25. The third kappa shape index (κ3) is 2.92. The summed E-state index contributed by atoms with van der Waals surface area (Å²) in [5, 5.41) is 3.11. The maximum absolute atomic E-state index is 12.4. The van der Waals surface area contributed by atoms with Crippen molar-refractivity contribution in [2.75, 3.05) is 23.3 Å². The highest BCUT2D eigenvalue weighted by molar-refractivity contribution is 5.93. The number of anilines is 2. The molecule has 1 amide bonds. The third-order valence-electron chi connectivity index (χ3n) is 5.34. The zero-order valence-corrected chi connectivity index (χ0v) is 13.1. The molecule has 0 saturated heterocycles. The van der Waals surface area contributed by atoms with Gasteiger partial charge in [-0.05, 0) is 69.2 Å². The first-order valence-corrected chi connectivity index (χ1v) is 8.37. The van der Waals surface area contributed by atoms with Crippen LogP contribution in [-0.2, 0) is 4.79 Å². The van der Waals surface area contributed by atoms with Crippen LogP contribution in [0.2, 0.25) is 0 Å². The summed E-state index contributed by atoms with van der Waals surface area (Å²) >= 11 is 0. The monoisotopic (exact) mass is 286 g/mol. The van der Waals surface area contributed by atoms with Crippen LogP contribution in [0.4, 0.5) is 11.4 Å². The molecular formula is C18H26N2O. The lowest BCUT2D eigenvalue weighted by atomic mass is 9.88. The number of nitrogens with zero attached hydrogens (tertiary/aromatic N) is 1. The molecule has 0 aromatic heterocycles. The van der Waals surface area contributed by atoms with Gasteiger partial charge in [-0.1, -0.05) is 6.42 Å². The van der Waals surface area contributed by atoms with Crippen molar-refractivity contribution in [1.29, 1.82) is 0 Å². The quantitative estimate of drug-likeness (QED) is 0.890. The largest absolute Gasteiger partial charge is 0.372 e. The SMILES string of the molecule is CCN(CC)c1ccc(NC(=O)[C@H]2C[C@@H]3CC[C@@H]2C3)cc1. The second-order valence-corrected chi connectivity index (χ2v) is 6.49. The molecule has 3 rings (SSSR count). The minimum atomic E-state index is 0.234. The van der Waals surface area contributed by atoms with Gasteiger partial charge < -0.3 is 10.2 Å². The van der Waals surface area contributed by atoms with Gasteiger partial charge in [-0.2, -0.15) is 0 Å². The van der Waals surface area contributed by atoms with E-state index in [1.165, 1.54) is 24.9 Å². The van der Waals surface area contributed by atoms with Crippen LogP contribution in [0.5, 0.6) is 0 Å². The van der Waals surface area contributed by atoms with E-state index in [-0.39, 0.29) is 11.8 Å². The molecule has 21 heavy (non-hydrogen) atoms. The van der Waals surface area contributed by atoms with Gasteiger partial charge in [0.05, 0.1) is 0 Å². The van der Waals surface area contributed by atoms with Crippen LogP contribution in [0.1, 0.15) is 39.5 Å². The zero-order valence-electron chi connectivity index (χ0n) is 13.1. The van der Waals surface area contributed by atoms with Crippen molar-refractivity contribution < 1.29 is 4.79 Å².